The van der Waals surface area contributed by atoms with Gasteiger partial charge in [0.25, 0.3) is 0 Å². The van der Waals surface area contributed by atoms with Gasteiger partial charge in [-0.2, -0.15) is 0 Å². The molecule has 1 fully saturated rings. The second kappa shape index (κ2) is 6.76. The van der Waals surface area contributed by atoms with Crippen molar-refractivity contribution < 1.29 is 19.1 Å². The maximum Gasteiger partial charge on any atom is 0.347 e. The van der Waals surface area contributed by atoms with Crippen LogP contribution in [0.4, 0.5) is 4.39 Å². The number of carbonyl (C=O) groups is 2. The number of allylic oxidation sites excluding steroid dienone is 4. The Labute approximate surface area is 188 Å². The van der Waals surface area contributed by atoms with Crippen LogP contribution >= 0.6 is 0 Å². The van der Waals surface area contributed by atoms with Crippen LogP contribution in [-0.4, -0.2) is 30.6 Å². The minimum atomic E-state index is -1.28. The molecule has 5 rings (SSSR count). The molecule has 2 aromatic rings. The van der Waals surface area contributed by atoms with Crippen molar-refractivity contribution in [2.24, 2.45) is 18.4 Å². The van der Waals surface area contributed by atoms with E-state index >= 15 is 0 Å². The number of aromatic nitrogens is 3. The molecule has 2 heterocycles. The first-order valence-electron chi connectivity index (χ1n) is 10.8. The van der Waals surface area contributed by atoms with E-state index < -0.39 is 46.2 Å². The zero-order valence-electron chi connectivity index (χ0n) is 18.8. The van der Waals surface area contributed by atoms with Crippen molar-refractivity contribution in [2.45, 2.75) is 45.7 Å². The molecule has 0 radical (unpaired) electrons. The standard InChI is InChI=1S/C24H24FN3O5/c1-11-12(2)21(31)24(3)15(19(11)29)10-17-13(18(24)14-6-5-7-16(25)20(14)30)8-9-27-22(32)26(4)23(33)28(17)27/h5-8,15,17-18,30H,9-10H2,1-4H3/t15-,17+,18+,24+/m0/s1. The number of rotatable bonds is 1. The average Bonchev–Trinajstić information content (AvgIpc) is 3.02. The quantitative estimate of drug-likeness (QED) is 0.665. The number of ketones is 2. The smallest absolute Gasteiger partial charge is 0.347 e. The molecule has 0 spiro atoms. The van der Waals surface area contributed by atoms with E-state index in [1.807, 2.05) is 0 Å². The number of carbonyl (C=O) groups excluding carboxylic acids is 2. The van der Waals surface area contributed by atoms with Gasteiger partial charge in [0.1, 0.15) is 0 Å². The molecule has 1 aromatic heterocycles. The molecule has 0 bridgehead atoms. The van der Waals surface area contributed by atoms with Crippen LogP contribution in [0, 0.1) is 17.2 Å². The summed E-state index contributed by atoms with van der Waals surface area (Å²) in [6, 6.07) is 3.43. The van der Waals surface area contributed by atoms with E-state index in [4.69, 9.17) is 0 Å². The maximum absolute atomic E-state index is 14.4. The summed E-state index contributed by atoms with van der Waals surface area (Å²) in [5.74, 6) is -3.53. The highest BCUT2D eigenvalue weighted by atomic mass is 19.1. The first-order valence-corrected chi connectivity index (χ1v) is 10.8. The lowest BCUT2D eigenvalue weighted by Crippen LogP contribution is -2.55. The summed E-state index contributed by atoms with van der Waals surface area (Å²) in [4.78, 5) is 52.7. The highest BCUT2D eigenvalue weighted by molar-refractivity contribution is 6.15. The summed E-state index contributed by atoms with van der Waals surface area (Å²) >= 11 is 0. The van der Waals surface area contributed by atoms with Crippen LogP contribution in [0.2, 0.25) is 0 Å². The van der Waals surface area contributed by atoms with Gasteiger partial charge in [0.15, 0.2) is 23.1 Å². The van der Waals surface area contributed by atoms with Crippen molar-refractivity contribution in [3.8, 4) is 5.75 Å². The fraction of sp³-hybridized carbons (Fsp3) is 0.417. The Morgan fingerprint density at radius 2 is 1.79 bits per heavy atom. The zero-order valence-corrected chi connectivity index (χ0v) is 18.8. The minimum absolute atomic E-state index is 0.0874. The Bertz CT molecular complexity index is 1440. The second-order valence-electron chi connectivity index (χ2n) is 9.40. The molecule has 33 heavy (non-hydrogen) atoms. The number of hydrogen-bond acceptors (Lipinski definition) is 5. The van der Waals surface area contributed by atoms with Gasteiger partial charge in [0.05, 0.1) is 18.0 Å². The van der Waals surface area contributed by atoms with Crippen molar-refractivity contribution in [1.29, 1.82) is 0 Å². The van der Waals surface area contributed by atoms with E-state index in [-0.39, 0.29) is 30.1 Å². The molecule has 4 atom stereocenters. The van der Waals surface area contributed by atoms with E-state index in [0.717, 1.165) is 10.6 Å². The molecule has 172 valence electrons. The largest absolute Gasteiger partial charge is 0.505 e. The number of phenols is 1. The molecule has 1 aliphatic heterocycles. The third-order valence-corrected chi connectivity index (χ3v) is 7.95. The lowest BCUT2D eigenvalue weighted by molar-refractivity contribution is -0.140. The summed E-state index contributed by atoms with van der Waals surface area (Å²) in [5.41, 5.74) is -0.766. The average molecular weight is 453 g/mol. The van der Waals surface area contributed by atoms with Crippen LogP contribution in [0.25, 0.3) is 0 Å². The van der Waals surface area contributed by atoms with E-state index in [1.165, 1.54) is 22.5 Å². The Balaban J connectivity index is 1.84. The van der Waals surface area contributed by atoms with Gasteiger partial charge in [-0.15, -0.1) is 0 Å². The zero-order chi connectivity index (χ0) is 24.0. The van der Waals surface area contributed by atoms with Crippen LogP contribution in [0.1, 0.15) is 44.7 Å². The summed E-state index contributed by atoms with van der Waals surface area (Å²) in [6.45, 7) is 5.00. The number of Topliss-reactive ketones (excluding diaryl/α,β-unsaturated/α-hetero) is 2. The number of benzene rings is 1. The van der Waals surface area contributed by atoms with Gasteiger partial charge in [0.2, 0.25) is 0 Å². The molecule has 2 aliphatic carbocycles. The lowest BCUT2D eigenvalue weighted by Gasteiger charge is -2.53. The lowest BCUT2D eigenvalue weighted by atomic mass is 9.50. The first kappa shape index (κ1) is 21.4. The van der Waals surface area contributed by atoms with Gasteiger partial charge >= 0.3 is 11.4 Å². The Morgan fingerprint density at radius 1 is 1.09 bits per heavy atom. The molecule has 1 N–H and O–H groups in total. The Kier molecular flexibility index (Phi) is 4.37. The van der Waals surface area contributed by atoms with Gasteiger partial charge in [-0.1, -0.05) is 25.1 Å². The SMILES string of the molecule is CC1=C(C)C(=O)[C@@]2(C)[C@@H](c3cccc(F)c3O)C3=CCn4c(=O)n(C)c(=O)n4[C@@H]3C[C@H]2C1=O. The Morgan fingerprint density at radius 3 is 2.48 bits per heavy atom. The van der Waals surface area contributed by atoms with Crippen LogP contribution in [0.15, 0.2) is 50.6 Å². The number of aromatic hydroxyl groups is 1. The molecule has 8 nitrogen and oxygen atoms in total. The predicted octanol–water partition coefficient (Wildman–Crippen LogP) is 1.97. The topological polar surface area (TPSA) is 103 Å². The van der Waals surface area contributed by atoms with Gasteiger partial charge in [0, 0.05) is 24.4 Å². The number of hydrogen-bond donors (Lipinski definition) is 1. The third-order valence-electron chi connectivity index (χ3n) is 7.95. The van der Waals surface area contributed by atoms with Crippen LogP contribution in [0.5, 0.6) is 5.75 Å². The highest BCUT2D eigenvalue weighted by Gasteiger charge is 2.60. The summed E-state index contributed by atoms with van der Waals surface area (Å²) < 4.78 is 18.1. The molecular weight excluding hydrogens is 429 g/mol. The number of nitrogens with zero attached hydrogens (tertiary/aromatic N) is 3. The maximum atomic E-state index is 14.4. The number of fused-ring (bicyclic) bond motifs is 4. The van der Waals surface area contributed by atoms with E-state index in [2.05, 4.69) is 0 Å². The second-order valence-corrected chi connectivity index (χ2v) is 9.40. The van der Waals surface area contributed by atoms with Crippen molar-refractivity contribution in [1.82, 2.24) is 13.9 Å². The fourth-order valence-electron chi connectivity index (χ4n) is 6.06. The molecule has 0 saturated heterocycles. The number of phenolic OH excluding ortho intramolecular Hbond substituents is 1. The molecule has 0 unspecified atom stereocenters. The fourth-order valence-corrected chi connectivity index (χ4v) is 6.06. The number of para-hydroxylation sites is 1. The van der Waals surface area contributed by atoms with Gasteiger partial charge < -0.3 is 5.11 Å². The monoisotopic (exact) mass is 453 g/mol. The molecular formula is C24H24FN3O5. The first-order chi connectivity index (χ1) is 15.5. The Hall–Kier alpha value is -3.49. The molecule has 3 aliphatic rings. The van der Waals surface area contributed by atoms with Crippen molar-refractivity contribution >= 4 is 11.6 Å². The normalized spacial score (nSPS) is 28.9. The van der Waals surface area contributed by atoms with Gasteiger partial charge in [-0.25, -0.2) is 27.9 Å². The summed E-state index contributed by atoms with van der Waals surface area (Å²) in [5, 5.41) is 10.7. The van der Waals surface area contributed by atoms with E-state index in [1.54, 1.807) is 32.9 Å². The minimum Gasteiger partial charge on any atom is -0.505 e. The molecule has 9 heteroatoms. The van der Waals surface area contributed by atoms with E-state index in [0.29, 0.717) is 16.7 Å². The number of halogens is 1. The van der Waals surface area contributed by atoms with Crippen molar-refractivity contribution in [2.75, 3.05) is 0 Å². The van der Waals surface area contributed by atoms with Crippen molar-refractivity contribution in [3.05, 3.63) is 73.3 Å². The van der Waals surface area contributed by atoms with E-state index in [9.17, 15) is 28.7 Å². The van der Waals surface area contributed by atoms with Gasteiger partial charge in [-0.05, 0) is 43.1 Å². The predicted molar refractivity (Wildman–Crippen MR) is 116 cm³/mol. The molecule has 1 aromatic carbocycles. The summed E-state index contributed by atoms with van der Waals surface area (Å²) in [7, 11) is 1.39. The summed E-state index contributed by atoms with van der Waals surface area (Å²) in [6.07, 6.45) is 1.91. The highest BCUT2D eigenvalue weighted by Crippen LogP contribution is 2.61. The molecule has 1 saturated carbocycles. The van der Waals surface area contributed by atoms with Crippen LogP contribution in [-0.2, 0) is 23.2 Å². The molecule has 0 amide bonds. The van der Waals surface area contributed by atoms with Gasteiger partial charge in [-0.3, -0.25) is 9.59 Å². The van der Waals surface area contributed by atoms with Crippen LogP contribution < -0.4 is 11.4 Å². The van der Waals surface area contributed by atoms with Crippen molar-refractivity contribution in [3.63, 3.8) is 0 Å². The third kappa shape index (κ3) is 2.50. The van der Waals surface area contributed by atoms with Crippen LogP contribution in [0.3, 0.4) is 0 Å².